The van der Waals surface area contributed by atoms with Gasteiger partial charge in [-0.2, -0.15) is 11.3 Å². The van der Waals surface area contributed by atoms with Crippen molar-refractivity contribution in [3.05, 3.63) is 52.5 Å². The predicted octanol–water partition coefficient (Wildman–Crippen LogP) is 2.91. The minimum absolute atomic E-state index is 0.0435. The second-order valence-corrected chi connectivity index (χ2v) is 7.84. The maximum absolute atomic E-state index is 12.7. The molecule has 6 heteroatoms. The number of amides is 2. The van der Waals surface area contributed by atoms with Gasteiger partial charge in [-0.3, -0.25) is 14.6 Å². The highest BCUT2D eigenvalue weighted by molar-refractivity contribution is 7.08. The summed E-state index contributed by atoms with van der Waals surface area (Å²) in [6.07, 6.45) is 6.35. The average Bonchev–Trinajstić information content (AvgIpc) is 3.32. The number of likely N-dealkylation sites (tertiary alicyclic amines) is 2. The van der Waals surface area contributed by atoms with Crippen molar-refractivity contribution in [3.63, 3.8) is 0 Å². The maximum atomic E-state index is 12.7. The molecule has 2 aliphatic rings. The molecule has 5 nitrogen and oxygen atoms in total. The van der Waals surface area contributed by atoms with Crippen LogP contribution >= 0.6 is 11.3 Å². The number of thiophene rings is 1. The summed E-state index contributed by atoms with van der Waals surface area (Å²) in [5.41, 5.74) is 1.46. The van der Waals surface area contributed by atoms with E-state index in [9.17, 15) is 9.59 Å². The van der Waals surface area contributed by atoms with Gasteiger partial charge in [0.15, 0.2) is 0 Å². The van der Waals surface area contributed by atoms with E-state index in [-0.39, 0.29) is 17.2 Å². The van der Waals surface area contributed by atoms with Crippen LogP contribution in [0.2, 0.25) is 0 Å². The fourth-order valence-electron chi connectivity index (χ4n) is 4.06. The molecule has 0 aliphatic carbocycles. The van der Waals surface area contributed by atoms with Crippen molar-refractivity contribution in [1.29, 1.82) is 0 Å². The second-order valence-electron chi connectivity index (χ2n) is 7.06. The zero-order chi connectivity index (χ0) is 17.3. The molecule has 2 saturated heterocycles. The van der Waals surface area contributed by atoms with Crippen molar-refractivity contribution in [2.24, 2.45) is 5.41 Å². The summed E-state index contributed by atoms with van der Waals surface area (Å²) in [5.74, 6) is 0.170. The largest absolute Gasteiger partial charge is 0.338 e. The summed E-state index contributed by atoms with van der Waals surface area (Å²) in [5, 5.41) is 3.85. The van der Waals surface area contributed by atoms with Gasteiger partial charge in [0.1, 0.15) is 0 Å². The summed E-state index contributed by atoms with van der Waals surface area (Å²) < 4.78 is 0. The van der Waals surface area contributed by atoms with Crippen molar-refractivity contribution in [3.8, 4) is 0 Å². The number of nitrogens with zero attached hydrogens (tertiary/aromatic N) is 3. The van der Waals surface area contributed by atoms with Crippen molar-refractivity contribution in [2.45, 2.75) is 19.3 Å². The SMILES string of the molecule is O=C(c1cccnc1)N1CCC[C@]2(CCN(C(=O)c3ccsc3)C2)C1. The third-order valence-corrected chi connectivity index (χ3v) is 6.03. The Balaban J connectivity index is 1.46. The van der Waals surface area contributed by atoms with Gasteiger partial charge in [-0.05, 0) is 42.8 Å². The number of hydrogen-bond donors (Lipinski definition) is 0. The Labute approximate surface area is 151 Å². The standard InChI is InChI=1S/C19H21N3O2S/c23-17(15-3-1-7-20-11-15)21-8-2-5-19(13-21)6-9-22(14-19)18(24)16-4-10-25-12-16/h1,3-4,7,10-12H,2,5-6,8-9,13-14H2/t19-/m0/s1. The van der Waals surface area contributed by atoms with Crippen LogP contribution in [0.15, 0.2) is 41.4 Å². The van der Waals surface area contributed by atoms with Crippen LogP contribution in [-0.4, -0.2) is 52.8 Å². The Morgan fingerprint density at radius 3 is 2.56 bits per heavy atom. The minimum Gasteiger partial charge on any atom is -0.338 e. The van der Waals surface area contributed by atoms with E-state index in [1.807, 2.05) is 32.7 Å². The Bertz CT molecular complexity index is 762. The quantitative estimate of drug-likeness (QED) is 0.832. The smallest absolute Gasteiger partial charge is 0.255 e. The first-order valence-corrected chi connectivity index (χ1v) is 9.62. The van der Waals surface area contributed by atoms with Gasteiger partial charge in [0.2, 0.25) is 0 Å². The minimum atomic E-state index is 0.0435. The van der Waals surface area contributed by atoms with E-state index in [0.717, 1.165) is 51.0 Å². The molecule has 130 valence electrons. The van der Waals surface area contributed by atoms with Gasteiger partial charge in [-0.25, -0.2) is 0 Å². The molecule has 2 aliphatic heterocycles. The third-order valence-electron chi connectivity index (χ3n) is 5.35. The highest BCUT2D eigenvalue weighted by atomic mass is 32.1. The number of carbonyl (C=O) groups is 2. The number of rotatable bonds is 2. The maximum Gasteiger partial charge on any atom is 0.255 e. The molecule has 4 heterocycles. The summed E-state index contributed by atoms with van der Waals surface area (Å²) in [6, 6.07) is 5.50. The molecule has 2 fully saturated rings. The van der Waals surface area contributed by atoms with Crippen molar-refractivity contribution >= 4 is 23.2 Å². The van der Waals surface area contributed by atoms with Gasteiger partial charge in [-0.15, -0.1) is 0 Å². The summed E-state index contributed by atoms with van der Waals surface area (Å²) >= 11 is 1.55. The molecule has 2 aromatic heterocycles. The van der Waals surface area contributed by atoms with Gasteiger partial charge < -0.3 is 9.80 Å². The molecular formula is C19H21N3O2S. The Kier molecular flexibility index (Phi) is 4.29. The predicted molar refractivity (Wildman–Crippen MR) is 96.6 cm³/mol. The van der Waals surface area contributed by atoms with Crippen LogP contribution in [0.5, 0.6) is 0 Å². The van der Waals surface area contributed by atoms with Crippen LogP contribution in [0.4, 0.5) is 0 Å². The lowest BCUT2D eigenvalue weighted by molar-refractivity contribution is 0.0516. The normalized spacial score (nSPS) is 23.2. The lowest BCUT2D eigenvalue weighted by Crippen LogP contribution is -2.47. The van der Waals surface area contributed by atoms with Crippen LogP contribution in [0, 0.1) is 5.41 Å². The zero-order valence-electron chi connectivity index (χ0n) is 14.1. The molecule has 0 unspecified atom stereocenters. The Hall–Kier alpha value is -2.21. The number of hydrogen-bond acceptors (Lipinski definition) is 4. The number of carbonyl (C=O) groups excluding carboxylic acids is 2. The summed E-state index contributed by atoms with van der Waals surface area (Å²) in [6.45, 7) is 3.05. The van der Waals surface area contributed by atoms with Crippen LogP contribution in [0.1, 0.15) is 40.0 Å². The number of aromatic nitrogens is 1. The molecule has 4 rings (SSSR count). The summed E-state index contributed by atoms with van der Waals surface area (Å²) in [7, 11) is 0. The highest BCUT2D eigenvalue weighted by Crippen LogP contribution is 2.39. The number of piperidine rings is 1. The molecular weight excluding hydrogens is 334 g/mol. The van der Waals surface area contributed by atoms with Crippen molar-refractivity contribution in [1.82, 2.24) is 14.8 Å². The average molecular weight is 355 g/mol. The van der Waals surface area contributed by atoms with E-state index in [4.69, 9.17) is 0 Å². The molecule has 25 heavy (non-hydrogen) atoms. The van der Waals surface area contributed by atoms with Crippen LogP contribution in [-0.2, 0) is 0 Å². The molecule has 2 aromatic rings. The molecule has 0 saturated carbocycles. The molecule has 1 atom stereocenters. The highest BCUT2D eigenvalue weighted by Gasteiger charge is 2.44. The lowest BCUT2D eigenvalue weighted by atomic mass is 9.79. The van der Waals surface area contributed by atoms with Gasteiger partial charge in [0.05, 0.1) is 11.1 Å². The first kappa shape index (κ1) is 16.3. The molecule has 0 N–H and O–H groups in total. The van der Waals surface area contributed by atoms with E-state index < -0.39 is 0 Å². The van der Waals surface area contributed by atoms with Crippen LogP contribution < -0.4 is 0 Å². The van der Waals surface area contributed by atoms with Crippen molar-refractivity contribution < 1.29 is 9.59 Å². The first-order valence-electron chi connectivity index (χ1n) is 8.68. The first-order chi connectivity index (χ1) is 12.2. The molecule has 0 radical (unpaired) electrons. The lowest BCUT2D eigenvalue weighted by Gasteiger charge is -2.40. The summed E-state index contributed by atoms with van der Waals surface area (Å²) in [4.78, 5) is 33.3. The van der Waals surface area contributed by atoms with E-state index in [2.05, 4.69) is 4.98 Å². The molecule has 0 aromatic carbocycles. The van der Waals surface area contributed by atoms with Crippen LogP contribution in [0.3, 0.4) is 0 Å². The van der Waals surface area contributed by atoms with Gasteiger partial charge >= 0.3 is 0 Å². The topological polar surface area (TPSA) is 53.5 Å². The van der Waals surface area contributed by atoms with Crippen LogP contribution in [0.25, 0.3) is 0 Å². The Morgan fingerprint density at radius 1 is 1.04 bits per heavy atom. The third kappa shape index (κ3) is 3.18. The van der Waals surface area contributed by atoms with Gasteiger partial charge in [0.25, 0.3) is 11.8 Å². The van der Waals surface area contributed by atoms with E-state index in [0.29, 0.717) is 5.56 Å². The second kappa shape index (κ2) is 6.59. The monoisotopic (exact) mass is 355 g/mol. The van der Waals surface area contributed by atoms with E-state index in [1.54, 1.807) is 29.8 Å². The van der Waals surface area contributed by atoms with Gasteiger partial charge in [0, 0.05) is 49.4 Å². The fourth-order valence-corrected chi connectivity index (χ4v) is 4.69. The van der Waals surface area contributed by atoms with E-state index >= 15 is 0 Å². The van der Waals surface area contributed by atoms with Crippen molar-refractivity contribution in [2.75, 3.05) is 26.2 Å². The molecule has 1 spiro atoms. The van der Waals surface area contributed by atoms with Gasteiger partial charge in [-0.1, -0.05) is 0 Å². The van der Waals surface area contributed by atoms with E-state index in [1.165, 1.54) is 0 Å². The molecule has 0 bridgehead atoms. The number of pyridine rings is 1. The molecule has 2 amide bonds. The zero-order valence-corrected chi connectivity index (χ0v) is 14.9. The fraction of sp³-hybridized carbons (Fsp3) is 0.421. The Morgan fingerprint density at radius 2 is 1.84 bits per heavy atom.